The molecule has 2 nitrogen and oxygen atoms in total. The van der Waals surface area contributed by atoms with Crippen molar-refractivity contribution in [2.75, 3.05) is 0 Å². The SMILES string of the molecule is CC(C)c1nc2ccc3sccc3c2nc1C(C)C. The molecule has 1 aromatic carbocycles. The second-order valence-corrected chi connectivity index (χ2v) is 6.52. The Morgan fingerprint density at radius 2 is 1.58 bits per heavy atom. The number of nitrogens with zero attached hydrogens (tertiary/aromatic N) is 2. The average molecular weight is 270 g/mol. The first-order valence-electron chi connectivity index (χ1n) is 6.75. The topological polar surface area (TPSA) is 25.8 Å². The lowest BCUT2D eigenvalue weighted by molar-refractivity contribution is 0.738. The predicted octanol–water partition coefficient (Wildman–Crippen LogP) is 5.09. The summed E-state index contributed by atoms with van der Waals surface area (Å²) in [6.07, 6.45) is 0. The van der Waals surface area contributed by atoms with E-state index in [-0.39, 0.29) is 0 Å². The van der Waals surface area contributed by atoms with Crippen LogP contribution >= 0.6 is 11.3 Å². The molecule has 0 saturated heterocycles. The summed E-state index contributed by atoms with van der Waals surface area (Å²) < 4.78 is 1.29. The lowest BCUT2D eigenvalue weighted by atomic mass is 10.00. The molecule has 0 amide bonds. The van der Waals surface area contributed by atoms with Crippen LogP contribution in [0.2, 0.25) is 0 Å². The van der Waals surface area contributed by atoms with Gasteiger partial charge in [0.15, 0.2) is 0 Å². The normalized spacial score (nSPS) is 12.1. The van der Waals surface area contributed by atoms with Crippen LogP contribution in [0.4, 0.5) is 0 Å². The number of fused-ring (bicyclic) bond motifs is 3. The maximum atomic E-state index is 4.94. The van der Waals surface area contributed by atoms with Crippen molar-refractivity contribution in [3.05, 3.63) is 35.0 Å². The molecule has 0 aliphatic heterocycles. The Kier molecular flexibility index (Phi) is 3.02. The standard InChI is InChI=1S/C16H18N2S/c1-9(2)14-15(10(3)4)18-16-11-7-8-19-13(11)6-5-12(16)17-14/h5-10H,1-4H3. The van der Waals surface area contributed by atoms with Gasteiger partial charge in [-0.3, -0.25) is 0 Å². The first kappa shape index (κ1) is 12.5. The van der Waals surface area contributed by atoms with E-state index in [1.54, 1.807) is 11.3 Å². The van der Waals surface area contributed by atoms with Gasteiger partial charge in [0.25, 0.3) is 0 Å². The van der Waals surface area contributed by atoms with E-state index < -0.39 is 0 Å². The number of thiophene rings is 1. The molecule has 3 aromatic rings. The van der Waals surface area contributed by atoms with Gasteiger partial charge in [0.2, 0.25) is 0 Å². The maximum Gasteiger partial charge on any atom is 0.0977 e. The van der Waals surface area contributed by atoms with Crippen LogP contribution in [0.25, 0.3) is 21.1 Å². The molecule has 0 aliphatic rings. The van der Waals surface area contributed by atoms with Gasteiger partial charge < -0.3 is 0 Å². The molecular weight excluding hydrogens is 252 g/mol. The van der Waals surface area contributed by atoms with Gasteiger partial charge in [0.1, 0.15) is 0 Å². The summed E-state index contributed by atoms with van der Waals surface area (Å²) >= 11 is 1.76. The molecule has 98 valence electrons. The molecule has 2 heterocycles. The van der Waals surface area contributed by atoms with E-state index in [4.69, 9.17) is 9.97 Å². The Morgan fingerprint density at radius 1 is 0.895 bits per heavy atom. The first-order chi connectivity index (χ1) is 9.08. The summed E-state index contributed by atoms with van der Waals surface area (Å²) in [5.74, 6) is 0.815. The Hall–Kier alpha value is -1.48. The van der Waals surface area contributed by atoms with E-state index in [1.165, 1.54) is 10.1 Å². The van der Waals surface area contributed by atoms with Crippen LogP contribution < -0.4 is 0 Å². The molecule has 0 radical (unpaired) electrons. The monoisotopic (exact) mass is 270 g/mol. The minimum absolute atomic E-state index is 0.406. The number of hydrogen-bond acceptors (Lipinski definition) is 3. The zero-order chi connectivity index (χ0) is 13.6. The molecule has 0 bridgehead atoms. The van der Waals surface area contributed by atoms with Gasteiger partial charge in [0.05, 0.1) is 22.4 Å². The fraction of sp³-hybridized carbons (Fsp3) is 0.375. The van der Waals surface area contributed by atoms with Gasteiger partial charge in [-0.15, -0.1) is 11.3 Å². The summed E-state index contributed by atoms with van der Waals surface area (Å²) in [5, 5.41) is 3.35. The van der Waals surface area contributed by atoms with Gasteiger partial charge in [-0.2, -0.15) is 0 Å². The highest BCUT2D eigenvalue weighted by Crippen LogP contribution is 2.31. The highest BCUT2D eigenvalue weighted by atomic mass is 32.1. The Bertz CT molecular complexity index is 741. The minimum atomic E-state index is 0.406. The zero-order valence-electron chi connectivity index (χ0n) is 11.8. The van der Waals surface area contributed by atoms with Crippen molar-refractivity contribution < 1.29 is 0 Å². The molecule has 2 aromatic heterocycles. The summed E-state index contributed by atoms with van der Waals surface area (Å²) in [4.78, 5) is 9.81. The third-order valence-corrected chi connectivity index (χ3v) is 4.30. The fourth-order valence-electron chi connectivity index (χ4n) is 2.44. The van der Waals surface area contributed by atoms with E-state index in [9.17, 15) is 0 Å². The number of aromatic nitrogens is 2. The van der Waals surface area contributed by atoms with Gasteiger partial charge in [0, 0.05) is 10.1 Å². The van der Waals surface area contributed by atoms with Gasteiger partial charge in [-0.05, 0) is 35.4 Å². The summed E-state index contributed by atoms with van der Waals surface area (Å²) in [6.45, 7) is 8.75. The van der Waals surface area contributed by atoms with Crippen molar-refractivity contribution in [2.24, 2.45) is 0 Å². The van der Waals surface area contributed by atoms with E-state index >= 15 is 0 Å². The molecule has 0 N–H and O–H groups in total. The molecule has 0 atom stereocenters. The number of hydrogen-bond donors (Lipinski definition) is 0. The highest BCUT2D eigenvalue weighted by molar-refractivity contribution is 7.17. The average Bonchev–Trinajstić information content (AvgIpc) is 2.85. The van der Waals surface area contributed by atoms with Crippen molar-refractivity contribution in [2.45, 2.75) is 39.5 Å². The molecule has 19 heavy (non-hydrogen) atoms. The number of rotatable bonds is 2. The van der Waals surface area contributed by atoms with Crippen molar-refractivity contribution in [3.63, 3.8) is 0 Å². The summed E-state index contributed by atoms with van der Waals surface area (Å²) in [6, 6.07) is 6.39. The predicted molar refractivity (Wildman–Crippen MR) is 83.1 cm³/mol. The smallest absolute Gasteiger partial charge is 0.0977 e. The van der Waals surface area contributed by atoms with Crippen LogP contribution in [0.1, 0.15) is 50.9 Å². The minimum Gasteiger partial charge on any atom is -0.249 e. The van der Waals surface area contributed by atoms with E-state index in [0.29, 0.717) is 11.8 Å². The van der Waals surface area contributed by atoms with Crippen molar-refractivity contribution in [1.29, 1.82) is 0 Å². The molecule has 0 fully saturated rings. The largest absolute Gasteiger partial charge is 0.249 e. The Balaban J connectivity index is 2.40. The molecule has 0 saturated carbocycles. The molecule has 0 unspecified atom stereocenters. The molecule has 3 heteroatoms. The summed E-state index contributed by atoms with van der Waals surface area (Å²) in [7, 11) is 0. The lowest BCUT2D eigenvalue weighted by Gasteiger charge is -2.15. The van der Waals surface area contributed by atoms with Crippen molar-refractivity contribution in [3.8, 4) is 0 Å². The number of benzene rings is 1. The van der Waals surface area contributed by atoms with Crippen molar-refractivity contribution in [1.82, 2.24) is 9.97 Å². The first-order valence-corrected chi connectivity index (χ1v) is 7.63. The molecule has 0 aliphatic carbocycles. The van der Waals surface area contributed by atoms with Crippen LogP contribution in [-0.4, -0.2) is 9.97 Å². The fourth-order valence-corrected chi connectivity index (χ4v) is 3.23. The molecular formula is C16H18N2S. The van der Waals surface area contributed by atoms with Crippen molar-refractivity contribution >= 4 is 32.5 Å². The van der Waals surface area contributed by atoms with Crippen LogP contribution in [0.5, 0.6) is 0 Å². The quantitative estimate of drug-likeness (QED) is 0.648. The van der Waals surface area contributed by atoms with Gasteiger partial charge >= 0.3 is 0 Å². The van der Waals surface area contributed by atoms with E-state index in [2.05, 4.69) is 51.3 Å². The highest BCUT2D eigenvalue weighted by Gasteiger charge is 2.16. The molecule has 0 spiro atoms. The van der Waals surface area contributed by atoms with E-state index in [0.717, 1.165) is 22.4 Å². The second-order valence-electron chi connectivity index (χ2n) is 5.57. The maximum absolute atomic E-state index is 4.94. The van der Waals surface area contributed by atoms with E-state index in [1.807, 2.05) is 0 Å². The van der Waals surface area contributed by atoms with Crippen LogP contribution in [0, 0.1) is 0 Å². The van der Waals surface area contributed by atoms with Gasteiger partial charge in [-0.1, -0.05) is 27.7 Å². The van der Waals surface area contributed by atoms with Crippen LogP contribution in [-0.2, 0) is 0 Å². The van der Waals surface area contributed by atoms with Crippen LogP contribution in [0.3, 0.4) is 0 Å². The van der Waals surface area contributed by atoms with Gasteiger partial charge in [-0.25, -0.2) is 9.97 Å². The second kappa shape index (κ2) is 4.57. The Labute approximate surface area is 117 Å². The van der Waals surface area contributed by atoms with Crippen LogP contribution in [0.15, 0.2) is 23.6 Å². The Morgan fingerprint density at radius 3 is 2.26 bits per heavy atom. The third kappa shape index (κ3) is 2.02. The lowest BCUT2D eigenvalue weighted by Crippen LogP contribution is -2.05. The third-order valence-electron chi connectivity index (χ3n) is 3.41. The summed E-state index contributed by atoms with van der Waals surface area (Å²) in [5.41, 5.74) is 4.34. The zero-order valence-corrected chi connectivity index (χ0v) is 12.6. The molecule has 3 rings (SSSR count).